The number of amides is 1. The van der Waals surface area contributed by atoms with Crippen molar-refractivity contribution in [2.45, 2.75) is 44.9 Å². The number of aromatic nitrogens is 4. The first-order valence-electron chi connectivity index (χ1n) is 10.2. The fraction of sp³-hybridized carbons (Fsp3) is 0.700. The largest absolute Gasteiger partial charge is 0.370 e. The van der Waals surface area contributed by atoms with Crippen molar-refractivity contribution in [3.63, 3.8) is 0 Å². The second-order valence-electron chi connectivity index (χ2n) is 8.85. The monoisotopic (exact) mass is 386 g/mol. The molecule has 4 rings (SSSR count). The third-order valence-electron chi connectivity index (χ3n) is 5.78. The first-order chi connectivity index (χ1) is 13.4. The van der Waals surface area contributed by atoms with Gasteiger partial charge in [-0.25, -0.2) is 0 Å². The topological polar surface area (TPSA) is 75.9 Å². The van der Waals surface area contributed by atoms with Crippen LogP contribution in [0, 0.1) is 0 Å². The van der Waals surface area contributed by atoms with Crippen LogP contribution in [0.5, 0.6) is 0 Å². The molecule has 0 bridgehead atoms. The van der Waals surface area contributed by atoms with Gasteiger partial charge in [0.05, 0.1) is 12.3 Å². The number of ether oxygens (including phenoxy) is 1. The van der Waals surface area contributed by atoms with Crippen LogP contribution in [-0.2, 0) is 14.9 Å². The summed E-state index contributed by atoms with van der Waals surface area (Å²) in [5.41, 5.74) is 1.86. The quantitative estimate of drug-likeness (QED) is 0.792. The molecule has 2 saturated heterocycles. The van der Waals surface area contributed by atoms with Gasteiger partial charge in [0.2, 0.25) is 5.91 Å². The number of morpholine rings is 1. The lowest BCUT2D eigenvalue weighted by Gasteiger charge is -2.34. The number of hydrogen-bond acceptors (Lipinski definition) is 6. The molecule has 28 heavy (non-hydrogen) atoms. The lowest BCUT2D eigenvalue weighted by Crippen LogP contribution is -2.46. The molecule has 4 heterocycles. The first kappa shape index (κ1) is 19.3. The SMILES string of the molecule is CC(C)(C)c1ccc2nnc(C3CCN(CCN4CCOCC4=O)CC3)n2n1. The molecular formula is C20H30N6O2. The van der Waals surface area contributed by atoms with Gasteiger partial charge in [0, 0.05) is 31.0 Å². The van der Waals surface area contributed by atoms with Gasteiger partial charge in [-0.15, -0.1) is 10.2 Å². The Labute approximate surface area is 165 Å². The normalized spacial score (nSPS) is 20.2. The van der Waals surface area contributed by atoms with Gasteiger partial charge in [-0.2, -0.15) is 9.61 Å². The second kappa shape index (κ2) is 7.75. The minimum absolute atomic E-state index is 0.00395. The standard InChI is InChI=1S/C20H30N6O2/c1-20(2,3)16-4-5-17-21-22-19(26(17)23-16)15-6-8-24(9-7-15)10-11-25-12-13-28-14-18(25)27/h4-5,15H,6-14H2,1-3H3. The third kappa shape index (κ3) is 4.03. The number of fused-ring (bicyclic) bond motifs is 1. The van der Waals surface area contributed by atoms with Crippen LogP contribution in [-0.4, -0.2) is 81.5 Å². The highest BCUT2D eigenvalue weighted by Gasteiger charge is 2.27. The van der Waals surface area contributed by atoms with E-state index in [1.54, 1.807) is 0 Å². The van der Waals surface area contributed by atoms with E-state index in [1.165, 1.54) is 0 Å². The summed E-state index contributed by atoms with van der Waals surface area (Å²) in [6, 6.07) is 4.06. The Morgan fingerprint density at radius 2 is 1.89 bits per heavy atom. The highest BCUT2D eigenvalue weighted by molar-refractivity contribution is 5.77. The van der Waals surface area contributed by atoms with Crippen LogP contribution in [0.15, 0.2) is 12.1 Å². The van der Waals surface area contributed by atoms with E-state index in [2.05, 4.69) is 35.9 Å². The smallest absolute Gasteiger partial charge is 0.248 e. The van der Waals surface area contributed by atoms with E-state index in [9.17, 15) is 4.79 Å². The van der Waals surface area contributed by atoms with Crippen molar-refractivity contribution in [1.29, 1.82) is 0 Å². The van der Waals surface area contributed by atoms with E-state index in [0.717, 1.165) is 56.2 Å². The average molecular weight is 387 g/mol. The van der Waals surface area contributed by atoms with E-state index in [0.29, 0.717) is 19.1 Å². The zero-order chi connectivity index (χ0) is 19.7. The Balaban J connectivity index is 1.38. The number of hydrogen-bond donors (Lipinski definition) is 0. The number of carbonyl (C=O) groups excluding carboxylic acids is 1. The van der Waals surface area contributed by atoms with Crippen molar-refractivity contribution >= 4 is 11.6 Å². The average Bonchev–Trinajstić information content (AvgIpc) is 3.10. The highest BCUT2D eigenvalue weighted by atomic mass is 16.5. The zero-order valence-corrected chi connectivity index (χ0v) is 17.1. The second-order valence-corrected chi connectivity index (χ2v) is 8.85. The molecule has 2 aliphatic rings. The Morgan fingerprint density at radius 1 is 1.11 bits per heavy atom. The third-order valence-corrected chi connectivity index (χ3v) is 5.78. The van der Waals surface area contributed by atoms with Crippen molar-refractivity contribution in [3.05, 3.63) is 23.7 Å². The van der Waals surface area contributed by atoms with Crippen molar-refractivity contribution in [2.24, 2.45) is 0 Å². The van der Waals surface area contributed by atoms with Gasteiger partial charge < -0.3 is 14.5 Å². The Morgan fingerprint density at radius 3 is 2.61 bits per heavy atom. The molecule has 0 saturated carbocycles. The van der Waals surface area contributed by atoms with Gasteiger partial charge in [0.25, 0.3) is 0 Å². The fourth-order valence-electron chi connectivity index (χ4n) is 3.92. The lowest BCUT2D eigenvalue weighted by atomic mass is 9.92. The highest BCUT2D eigenvalue weighted by Crippen LogP contribution is 2.28. The van der Waals surface area contributed by atoms with Crippen molar-refractivity contribution < 1.29 is 9.53 Å². The molecule has 152 valence electrons. The predicted octanol–water partition coefficient (Wildman–Crippen LogP) is 1.46. The van der Waals surface area contributed by atoms with Gasteiger partial charge in [0.15, 0.2) is 11.5 Å². The van der Waals surface area contributed by atoms with E-state index in [1.807, 2.05) is 21.5 Å². The molecule has 2 aliphatic heterocycles. The van der Waals surface area contributed by atoms with E-state index >= 15 is 0 Å². The van der Waals surface area contributed by atoms with Gasteiger partial charge in [-0.3, -0.25) is 4.79 Å². The number of nitrogens with zero attached hydrogens (tertiary/aromatic N) is 6. The van der Waals surface area contributed by atoms with Crippen LogP contribution in [0.25, 0.3) is 5.65 Å². The maximum absolute atomic E-state index is 11.9. The van der Waals surface area contributed by atoms with Crippen LogP contribution in [0.2, 0.25) is 0 Å². The molecule has 8 nitrogen and oxygen atoms in total. The molecule has 2 aromatic rings. The molecule has 0 atom stereocenters. The Bertz CT molecular complexity index is 835. The van der Waals surface area contributed by atoms with E-state index < -0.39 is 0 Å². The molecule has 0 aliphatic carbocycles. The summed E-state index contributed by atoms with van der Waals surface area (Å²) < 4.78 is 7.14. The van der Waals surface area contributed by atoms with Gasteiger partial charge in [-0.1, -0.05) is 20.8 Å². The molecule has 8 heteroatoms. The Kier molecular flexibility index (Phi) is 5.33. The minimum Gasteiger partial charge on any atom is -0.370 e. The van der Waals surface area contributed by atoms with Crippen molar-refractivity contribution in [3.8, 4) is 0 Å². The maximum Gasteiger partial charge on any atom is 0.248 e. The van der Waals surface area contributed by atoms with Crippen LogP contribution in [0.4, 0.5) is 0 Å². The molecule has 0 spiro atoms. The molecule has 2 aromatic heterocycles. The van der Waals surface area contributed by atoms with E-state index in [4.69, 9.17) is 9.84 Å². The number of likely N-dealkylation sites (tertiary alicyclic amines) is 1. The zero-order valence-electron chi connectivity index (χ0n) is 17.1. The molecule has 0 radical (unpaired) electrons. The number of piperidine rings is 1. The summed E-state index contributed by atoms with van der Waals surface area (Å²) in [6.45, 7) is 11.8. The summed E-state index contributed by atoms with van der Waals surface area (Å²) in [5.74, 6) is 1.46. The number of carbonyl (C=O) groups is 1. The summed E-state index contributed by atoms with van der Waals surface area (Å²) >= 11 is 0. The molecule has 0 N–H and O–H groups in total. The summed E-state index contributed by atoms with van der Waals surface area (Å²) in [5, 5.41) is 13.6. The summed E-state index contributed by atoms with van der Waals surface area (Å²) in [6.07, 6.45) is 2.08. The molecular weight excluding hydrogens is 356 g/mol. The molecule has 1 amide bonds. The van der Waals surface area contributed by atoms with Gasteiger partial charge >= 0.3 is 0 Å². The molecule has 0 aromatic carbocycles. The van der Waals surface area contributed by atoms with Crippen molar-refractivity contribution in [2.75, 3.05) is 45.9 Å². The summed E-state index contributed by atoms with van der Waals surface area (Å²) in [7, 11) is 0. The van der Waals surface area contributed by atoms with Crippen LogP contribution < -0.4 is 0 Å². The van der Waals surface area contributed by atoms with E-state index in [-0.39, 0.29) is 17.9 Å². The van der Waals surface area contributed by atoms with Crippen molar-refractivity contribution in [1.82, 2.24) is 29.6 Å². The molecule has 2 fully saturated rings. The maximum atomic E-state index is 11.9. The van der Waals surface area contributed by atoms with Gasteiger partial charge in [-0.05, 0) is 38.1 Å². The Hall–Kier alpha value is -2.06. The predicted molar refractivity (Wildman–Crippen MR) is 105 cm³/mol. The van der Waals surface area contributed by atoms with Crippen LogP contribution in [0.1, 0.15) is 51.0 Å². The lowest BCUT2D eigenvalue weighted by molar-refractivity contribution is -0.142. The molecule has 0 unspecified atom stereocenters. The van der Waals surface area contributed by atoms with Crippen LogP contribution in [0.3, 0.4) is 0 Å². The number of rotatable bonds is 4. The summed E-state index contributed by atoms with van der Waals surface area (Å²) in [4.78, 5) is 16.2. The first-order valence-corrected chi connectivity index (χ1v) is 10.2. The van der Waals surface area contributed by atoms with Crippen LogP contribution >= 0.6 is 0 Å². The van der Waals surface area contributed by atoms with Gasteiger partial charge in [0.1, 0.15) is 6.61 Å². The fourth-order valence-corrected chi connectivity index (χ4v) is 3.92. The minimum atomic E-state index is -0.00395.